The Hall–Kier alpha value is -1.09. The maximum absolute atomic E-state index is 5.65. The molecule has 0 aliphatic rings. The largest absolute Gasteiger partial charge is 0.398 e. The van der Waals surface area contributed by atoms with Crippen LogP contribution in [0, 0.1) is 6.92 Å². The molecule has 58 valence electrons. The van der Waals surface area contributed by atoms with E-state index in [1.54, 1.807) is 6.07 Å². The van der Waals surface area contributed by atoms with E-state index < -0.39 is 0 Å². The second-order valence-corrected chi connectivity index (χ2v) is 2.84. The number of thiocarbonyl (C=S) groups is 1. The van der Waals surface area contributed by atoms with Crippen LogP contribution in [0.2, 0.25) is 0 Å². The van der Waals surface area contributed by atoms with Crippen LogP contribution in [-0.2, 0) is 0 Å². The van der Waals surface area contributed by atoms with E-state index in [9.17, 15) is 0 Å². The van der Waals surface area contributed by atoms with E-state index in [1.165, 1.54) is 0 Å². The number of rotatable bonds is 1. The lowest BCUT2D eigenvalue weighted by Crippen LogP contribution is -2.13. The van der Waals surface area contributed by atoms with Crippen molar-refractivity contribution in [2.45, 2.75) is 6.92 Å². The molecule has 0 bridgehead atoms. The van der Waals surface area contributed by atoms with Gasteiger partial charge in [-0.05, 0) is 18.6 Å². The SMILES string of the molecule is Cc1cccc(N)c1C(N)=S. The summed E-state index contributed by atoms with van der Waals surface area (Å²) in [6, 6.07) is 5.61. The fourth-order valence-corrected chi connectivity index (χ4v) is 1.31. The smallest absolute Gasteiger partial charge is 0.106 e. The van der Waals surface area contributed by atoms with Crippen LogP contribution in [0.3, 0.4) is 0 Å². The van der Waals surface area contributed by atoms with Crippen molar-refractivity contribution in [3.63, 3.8) is 0 Å². The summed E-state index contributed by atoms with van der Waals surface area (Å²) in [5, 5.41) is 0. The van der Waals surface area contributed by atoms with Crippen LogP contribution in [0.15, 0.2) is 18.2 Å². The Morgan fingerprint density at radius 3 is 2.45 bits per heavy atom. The predicted octanol–water partition coefficient (Wildman–Crippen LogP) is 1.21. The van der Waals surface area contributed by atoms with Gasteiger partial charge in [0.25, 0.3) is 0 Å². The summed E-state index contributed by atoms with van der Waals surface area (Å²) in [7, 11) is 0. The van der Waals surface area contributed by atoms with Crippen molar-refractivity contribution < 1.29 is 0 Å². The first-order chi connectivity index (χ1) is 5.13. The summed E-state index contributed by atoms with van der Waals surface area (Å²) < 4.78 is 0. The first-order valence-corrected chi connectivity index (χ1v) is 3.68. The molecule has 11 heavy (non-hydrogen) atoms. The molecule has 0 spiro atoms. The van der Waals surface area contributed by atoms with E-state index in [0.29, 0.717) is 10.7 Å². The summed E-state index contributed by atoms with van der Waals surface area (Å²) in [6.45, 7) is 1.94. The van der Waals surface area contributed by atoms with Gasteiger partial charge in [-0.25, -0.2) is 0 Å². The van der Waals surface area contributed by atoms with Crippen molar-refractivity contribution in [1.82, 2.24) is 0 Å². The van der Waals surface area contributed by atoms with Gasteiger partial charge in [0.15, 0.2) is 0 Å². The molecule has 0 saturated carbocycles. The first-order valence-electron chi connectivity index (χ1n) is 3.28. The van der Waals surface area contributed by atoms with Crippen LogP contribution in [0.1, 0.15) is 11.1 Å². The average Bonchev–Trinajstić information content (AvgIpc) is 1.85. The molecule has 0 unspecified atom stereocenters. The summed E-state index contributed by atoms with van der Waals surface area (Å²) in [5.74, 6) is 0. The van der Waals surface area contributed by atoms with Gasteiger partial charge in [-0.1, -0.05) is 24.4 Å². The minimum atomic E-state index is 0.362. The molecule has 1 aromatic carbocycles. The monoisotopic (exact) mass is 166 g/mol. The van der Waals surface area contributed by atoms with Crippen LogP contribution in [-0.4, -0.2) is 4.99 Å². The van der Waals surface area contributed by atoms with Gasteiger partial charge in [-0.3, -0.25) is 0 Å². The third kappa shape index (κ3) is 1.49. The van der Waals surface area contributed by atoms with E-state index in [1.807, 2.05) is 19.1 Å². The highest BCUT2D eigenvalue weighted by Crippen LogP contribution is 2.15. The highest BCUT2D eigenvalue weighted by atomic mass is 32.1. The zero-order chi connectivity index (χ0) is 8.43. The van der Waals surface area contributed by atoms with E-state index >= 15 is 0 Å². The third-order valence-corrected chi connectivity index (χ3v) is 1.76. The molecule has 0 atom stereocenters. The van der Waals surface area contributed by atoms with E-state index in [0.717, 1.165) is 11.1 Å². The predicted molar refractivity (Wildman–Crippen MR) is 51.5 cm³/mol. The van der Waals surface area contributed by atoms with Gasteiger partial charge in [0, 0.05) is 11.3 Å². The van der Waals surface area contributed by atoms with Crippen molar-refractivity contribution in [1.29, 1.82) is 0 Å². The van der Waals surface area contributed by atoms with Gasteiger partial charge in [-0.2, -0.15) is 0 Å². The standard InChI is InChI=1S/C8H10N2S/c1-5-3-2-4-6(9)7(5)8(10)11/h2-4H,9H2,1H3,(H2,10,11). The van der Waals surface area contributed by atoms with Crippen molar-refractivity contribution in [3.05, 3.63) is 29.3 Å². The lowest BCUT2D eigenvalue weighted by molar-refractivity contribution is 1.44. The lowest BCUT2D eigenvalue weighted by atomic mass is 10.1. The molecule has 3 heteroatoms. The number of anilines is 1. The van der Waals surface area contributed by atoms with E-state index in [-0.39, 0.29) is 0 Å². The molecule has 0 fully saturated rings. The Morgan fingerprint density at radius 2 is 2.09 bits per heavy atom. The number of benzene rings is 1. The topological polar surface area (TPSA) is 52.0 Å². The number of nitrogen functional groups attached to an aromatic ring is 1. The second-order valence-electron chi connectivity index (χ2n) is 2.40. The molecule has 1 rings (SSSR count). The van der Waals surface area contributed by atoms with Gasteiger partial charge in [0.1, 0.15) is 4.99 Å². The van der Waals surface area contributed by atoms with Gasteiger partial charge in [0.2, 0.25) is 0 Å². The molecule has 0 heterocycles. The highest BCUT2D eigenvalue weighted by molar-refractivity contribution is 7.80. The van der Waals surface area contributed by atoms with Crippen LogP contribution >= 0.6 is 12.2 Å². The maximum Gasteiger partial charge on any atom is 0.106 e. The minimum Gasteiger partial charge on any atom is -0.398 e. The average molecular weight is 166 g/mol. The van der Waals surface area contributed by atoms with Crippen molar-refractivity contribution in [2.24, 2.45) is 5.73 Å². The summed E-state index contributed by atoms with van der Waals surface area (Å²) in [4.78, 5) is 0.362. The van der Waals surface area contributed by atoms with Crippen molar-refractivity contribution in [2.75, 3.05) is 5.73 Å². The Balaban J connectivity index is 3.32. The molecule has 0 aliphatic carbocycles. The fourth-order valence-electron chi connectivity index (χ4n) is 1.03. The minimum absolute atomic E-state index is 0.362. The Kier molecular flexibility index (Phi) is 2.10. The van der Waals surface area contributed by atoms with Gasteiger partial charge in [0.05, 0.1) is 0 Å². The van der Waals surface area contributed by atoms with Gasteiger partial charge < -0.3 is 11.5 Å². The van der Waals surface area contributed by atoms with Crippen molar-refractivity contribution in [3.8, 4) is 0 Å². The number of hydrogen-bond acceptors (Lipinski definition) is 2. The van der Waals surface area contributed by atoms with Crippen LogP contribution < -0.4 is 11.5 Å². The van der Waals surface area contributed by atoms with Crippen LogP contribution in [0.4, 0.5) is 5.69 Å². The molecule has 0 amide bonds. The summed E-state index contributed by atoms with van der Waals surface area (Å²) in [5.41, 5.74) is 13.6. The Morgan fingerprint density at radius 1 is 1.45 bits per heavy atom. The molecule has 4 N–H and O–H groups in total. The quantitative estimate of drug-likeness (QED) is 0.487. The Labute approximate surface area is 71.2 Å². The molecule has 1 aromatic rings. The van der Waals surface area contributed by atoms with Gasteiger partial charge in [-0.15, -0.1) is 0 Å². The van der Waals surface area contributed by atoms with Gasteiger partial charge >= 0.3 is 0 Å². The fraction of sp³-hybridized carbons (Fsp3) is 0.125. The first kappa shape index (κ1) is 8.01. The molecule has 0 aliphatic heterocycles. The van der Waals surface area contributed by atoms with Crippen molar-refractivity contribution >= 4 is 22.9 Å². The second kappa shape index (κ2) is 2.88. The molecule has 0 saturated heterocycles. The summed E-state index contributed by atoms with van der Waals surface area (Å²) in [6.07, 6.45) is 0. The van der Waals surface area contributed by atoms with E-state index in [2.05, 4.69) is 0 Å². The number of nitrogens with two attached hydrogens (primary N) is 2. The zero-order valence-electron chi connectivity index (χ0n) is 6.29. The lowest BCUT2D eigenvalue weighted by Gasteiger charge is -2.05. The normalized spacial score (nSPS) is 9.55. The van der Waals surface area contributed by atoms with Crippen LogP contribution in [0.25, 0.3) is 0 Å². The maximum atomic E-state index is 5.65. The third-order valence-electron chi connectivity index (χ3n) is 1.55. The molecular weight excluding hydrogens is 156 g/mol. The number of aryl methyl sites for hydroxylation is 1. The van der Waals surface area contributed by atoms with Crippen LogP contribution in [0.5, 0.6) is 0 Å². The molecule has 0 aromatic heterocycles. The molecular formula is C8H10N2S. The number of hydrogen-bond donors (Lipinski definition) is 2. The zero-order valence-corrected chi connectivity index (χ0v) is 7.11. The molecule has 0 radical (unpaired) electrons. The summed E-state index contributed by atoms with van der Waals surface area (Å²) >= 11 is 4.83. The van der Waals surface area contributed by atoms with E-state index in [4.69, 9.17) is 23.7 Å². The highest BCUT2D eigenvalue weighted by Gasteiger charge is 2.03. The molecule has 2 nitrogen and oxygen atoms in total. The Bertz CT molecular complexity index is 274.